The highest BCUT2D eigenvalue weighted by Crippen LogP contribution is 2.06. The average molecular weight is 393 g/mol. The van der Waals surface area contributed by atoms with Crippen LogP contribution in [0.4, 0.5) is 4.79 Å². The summed E-state index contributed by atoms with van der Waals surface area (Å²) >= 11 is 0. The van der Waals surface area contributed by atoms with E-state index >= 15 is 0 Å². The third-order valence-electron chi connectivity index (χ3n) is 3.58. The second-order valence-electron chi connectivity index (χ2n) is 6.46. The third kappa shape index (κ3) is 9.56. The Morgan fingerprint density at radius 1 is 0.964 bits per heavy atom. The van der Waals surface area contributed by atoms with E-state index in [-0.39, 0.29) is 25.6 Å². The lowest BCUT2D eigenvalue weighted by Gasteiger charge is -2.18. The normalized spacial score (nSPS) is 11.3. The minimum Gasteiger partial charge on any atom is -0.467 e. The number of carbonyl (C=O) groups is 4. The molecule has 0 saturated heterocycles. The Morgan fingerprint density at radius 2 is 1.61 bits per heavy atom. The van der Waals surface area contributed by atoms with Crippen LogP contribution in [-0.2, 0) is 30.5 Å². The van der Waals surface area contributed by atoms with Crippen LogP contribution in [0, 0.1) is 5.92 Å². The topological polar surface area (TPSA) is 123 Å². The van der Waals surface area contributed by atoms with Crippen LogP contribution in [0.1, 0.15) is 25.8 Å². The predicted molar refractivity (Wildman–Crippen MR) is 101 cm³/mol. The van der Waals surface area contributed by atoms with E-state index in [2.05, 4.69) is 20.7 Å². The third-order valence-corrected chi connectivity index (χ3v) is 3.58. The average Bonchev–Trinajstić information content (AvgIpc) is 2.68. The van der Waals surface area contributed by atoms with E-state index in [0.717, 1.165) is 5.56 Å². The summed E-state index contributed by atoms with van der Waals surface area (Å²) in [6.07, 6.45) is -0.326. The molecule has 0 radical (unpaired) electrons. The van der Waals surface area contributed by atoms with E-state index in [4.69, 9.17) is 4.74 Å². The van der Waals surface area contributed by atoms with Gasteiger partial charge in [-0.05, 0) is 17.9 Å². The lowest BCUT2D eigenvalue weighted by molar-refractivity contribution is -0.145. The Hall–Kier alpha value is -3.10. The molecule has 0 unspecified atom stereocenters. The zero-order valence-corrected chi connectivity index (χ0v) is 16.3. The van der Waals surface area contributed by atoms with Gasteiger partial charge in [-0.1, -0.05) is 44.2 Å². The highest BCUT2D eigenvalue weighted by Gasteiger charge is 2.22. The van der Waals surface area contributed by atoms with Crippen LogP contribution in [-0.4, -0.2) is 50.1 Å². The molecule has 0 aliphatic carbocycles. The summed E-state index contributed by atoms with van der Waals surface area (Å²) in [5.41, 5.74) is 0.820. The van der Waals surface area contributed by atoms with Gasteiger partial charge in [-0.3, -0.25) is 9.59 Å². The molecule has 1 aromatic carbocycles. The number of alkyl carbamates (subject to hydrolysis) is 1. The predicted octanol–water partition coefficient (Wildman–Crippen LogP) is 0.733. The minimum absolute atomic E-state index is 0.0848. The second kappa shape index (κ2) is 12.3. The molecule has 0 aliphatic heterocycles. The summed E-state index contributed by atoms with van der Waals surface area (Å²) in [5, 5.41) is 7.16. The van der Waals surface area contributed by atoms with Crippen LogP contribution in [0.15, 0.2) is 30.3 Å². The maximum absolute atomic E-state index is 11.9. The van der Waals surface area contributed by atoms with E-state index < -0.39 is 29.9 Å². The molecular weight excluding hydrogens is 366 g/mol. The molecule has 0 saturated carbocycles. The molecular formula is C19H27N3O6. The molecule has 0 fully saturated rings. The van der Waals surface area contributed by atoms with Crippen molar-refractivity contribution in [3.05, 3.63) is 35.9 Å². The molecule has 1 atom stereocenters. The first-order valence-electron chi connectivity index (χ1n) is 8.90. The van der Waals surface area contributed by atoms with Crippen molar-refractivity contribution in [2.75, 3.05) is 20.2 Å². The molecule has 0 bridgehead atoms. The number of ether oxygens (including phenoxy) is 2. The number of hydrogen-bond acceptors (Lipinski definition) is 6. The molecule has 3 amide bonds. The van der Waals surface area contributed by atoms with Crippen molar-refractivity contribution >= 4 is 23.9 Å². The largest absolute Gasteiger partial charge is 0.467 e. The van der Waals surface area contributed by atoms with Gasteiger partial charge in [0, 0.05) is 0 Å². The maximum atomic E-state index is 11.9. The summed E-state index contributed by atoms with van der Waals surface area (Å²) < 4.78 is 9.63. The number of rotatable bonds is 10. The van der Waals surface area contributed by atoms with Gasteiger partial charge in [0.1, 0.15) is 19.2 Å². The van der Waals surface area contributed by atoms with Crippen LogP contribution in [0.2, 0.25) is 0 Å². The van der Waals surface area contributed by atoms with E-state index in [0.29, 0.717) is 6.42 Å². The van der Waals surface area contributed by atoms with Gasteiger partial charge in [-0.25, -0.2) is 9.59 Å². The monoisotopic (exact) mass is 393 g/mol. The first-order chi connectivity index (χ1) is 13.3. The van der Waals surface area contributed by atoms with Crippen molar-refractivity contribution in [3.63, 3.8) is 0 Å². The van der Waals surface area contributed by atoms with Crippen molar-refractivity contribution in [2.45, 2.75) is 32.9 Å². The summed E-state index contributed by atoms with van der Waals surface area (Å²) in [7, 11) is 1.24. The SMILES string of the molecule is COC(=O)[C@H](CC(C)C)NC(=O)CNC(=O)CNC(=O)OCc1ccccc1. The van der Waals surface area contributed by atoms with Crippen molar-refractivity contribution in [1.29, 1.82) is 0 Å². The smallest absolute Gasteiger partial charge is 0.407 e. The fourth-order valence-electron chi connectivity index (χ4n) is 2.24. The Labute approximate surface area is 164 Å². The molecule has 1 rings (SSSR count). The fourth-order valence-corrected chi connectivity index (χ4v) is 2.24. The fraction of sp³-hybridized carbons (Fsp3) is 0.474. The molecule has 154 valence electrons. The summed E-state index contributed by atoms with van der Waals surface area (Å²) in [6, 6.07) is 8.32. The standard InChI is InChI=1S/C19H27N3O6/c1-13(2)9-15(18(25)27-3)22-17(24)11-20-16(23)10-21-19(26)28-12-14-7-5-4-6-8-14/h4-8,13,15H,9-12H2,1-3H3,(H,20,23)(H,21,26)(H,22,24)/t15-/m0/s1. The molecule has 9 nitrogen and oxygen atoms in total. The van der Waals surface area contributed by atoms with Gasteiger partial charge in [0.15, 0.2) is 0 Å². The number of benzene rings is 1. The van der Waals surface area contributed by atoms with Gasteiger partial charge in [0.25, 0.3) is 0 Å². The van der Waals surface area contributed by atoms with Gasteiger partial charge < -0.3 is 25.4 Å². The Balaban J connectivity index is 2.28. The van der Waals surface area contributed by atoms with Crippen LogP contribution >= 0.6 is 0 Å². The molecule has 3 N–H and O–H groups in total. The first-order valence-corrected chi connectivity index (χ1v) is 8.90. The maximum Gasteiger partial charge on any atom is 0.407 e. The van der Waals surface area contributed by atoms with Crippen LogP contribution in [0.25, 0.3) is 0 Å². The molecule has 9 heteroatoms. The summed E-state index contributed by atoms with van der Waals surface area (Å²) in [6.45, 7) is 3.23. The number of carbonyl (C=O) groups excluding carboxylic acids is 4. The molecule has 1 aromatic rings. The van der Waals surface area contributed by atoms with E-state index in [1.165, 1.54) is 7.11 Å². The molecule has 0 spiro atoms. The zero-order valence-electron chi connectivity index (χ0n) is 16.3. The number of methoxy groups -OCH3 is 1. The molecule has 28 heavy (non-hydrogen) atoms. The van der Waals surface area contributed by atoms with Crippen molar-refractivity contribution in [3.8, 4) is 0 Å². The van der Waals surface area contributed by atoms with Gasteiger partial charge in [0.05, 0.1) is 13.7 Å². The highest BCUT2D eigenvalue weighted by molar-refractivity contribution is 5.89. The second-order valence-corrected chi connectivity index (χ2v) is 6.46. The molecule has 0 aromatic heterocycles. The number of hydrogen-bond donors (Lipinski definition) is 3. The molecule has 0 aliphatic rings. The summed E-state index contributed by atoms with van der Waals surface area (Å²) in [4.78, 5) is 46.9. The first kappa shape index (κ1) is 22.9. The molecule has 0 heterocycles. The zero-order chi connectivity index (χ0) is 20.9. The van der Waals surface area contributed by atoms with Gasteiger partial charge in [-0.2, -0.15) is 0 Å². The summed E-state index contributed by atoms with van der Waals surface area (Å²) in [5.74, 6) is -1.47. The van der Waals surface area contributed by atoms with E-state index in [1.807, 2.05) is 32.0 Å². The minimum atomic E-state index is -0.777. The Bertz CT molecular complexity index is 663. The lowest BCUT2D eigenvalue weighted by Crippen LogP contribution is -2.47. The van der Waals surface area contributed by atoms with Gasteiger partial charge >= 0.3 is 12.1 Å². The van der Waals surface area contributed by atoms with Crippen LogP contribution in [0.5, 0.6) is 0 Å². The van der Waals surface area contributed by atoms with Crippen LogP contribution in [0.3, 0.4) is 0 Å². The van der Waals surface area contributed by atoms with Crippen molar-refractivity contribution < 1.29 is 28.7 Å². The highest BCUT2D eigenvalue weighted by atomic mass is 16.5. The Kier molecular flexibility index (Phi) is 10.1. The lowest BCUT2D eigenvalue weighted by atomic mass is 10.0. The van der Waals surface area contributed by atoms with Crippen LogP contribution < -0.4 is 16.0 Å². The van der Waals surface area contributed by atoms with Gasteiger partial charge in [0.2, 0.25) is 11.8 Å². The quantitative estimate of drug-likeness (QED) is 0.504. The van der Waals surface area contributed by atoms with Gasteiger partial charge in [-0.15, -0.1) is 0 Å². The van der Waals surface area contributed by atoms with E-state index in [9.17, 15) is 19.2 Å². The Morgan fingerprint density at radius 3 is 2.21 bits per heavy atom. The number of esters is 1. The van der Waals surface area contributed by atoms with Crippen molar-refractivity contribution in [1.82, 2.24) is 16.0 Å². The number of nitrogens with one attached hydrogen (secondary N) is 3. The number of amides is 3. The van der Waals surface area contributed by atoms with Crippen molar-refractivity contribution in [2.24, 2.45) is 5.92 Å². The van der Waals surface area contributed by atoms with E-state index in [1.54, 1.807) is 12.1 Å².